The number of carbonyl (C=O) groups is 1. The second kappa shape index (κ2) is 6.44. The molecule has 23 heavy (non-hydrogen) atoms. The van der Waals surface area contributed by atoms with E-state index in [1.807, 2.05) is 18.2 Å². The van der Waals surface area contributed by atoms with Crippen molar-refractivity contribution in [3.05, 3.63) is 47.0 Å². The van der Waals surface area contributed by atoms with Crippen LogP contribution in [0.2, 0.25) is 5.02 Å². The molecule has 0 aliphatic carbocycles. The van der Waals surface area contributed by atoms with Crippen molar-refractivity contribution in [1.82, 2.24) is 4.98 Å². The van der Waals surface area contributed by atoms with Crippen molar-refractivity contribution in [2.75, 3.05) is 19.5 Å². The molecule has 0 unspecified atom stereocenters. The summed E-state index contributed by atoms with van der Waals surface area (Å²) in [7, 11) is 3.13. The van der Waals surface area contributed by atoms with Gasteiger partial charge in [-0.3, -0.25) is 10.1 Å². The lowest BCUT2D eigenvalue weighted by Gasteiger charge is -2.05. The molecule has 0 spiro atoms. The van der Waals surface area contributed by atoms with Crippen LogP contribution in [-0.2, 0) is 0 Å². The molecular weight excluding hydrogens is 336 g/mol. The van der Waals surface area contributed by atoms with Crippen LogP contribution in [0, 0.1) is 0 Å². The van der Waals surface area contributed by atoms with Gasteiger partial charge in [0.2, 0.25) is 0 Å². The van der Waals surface area contributed by atoms with E-state index in [4.69, 9.17) is 21.1 Å². The Hall–Kier alpha value is -2.31. The van der Waals surface area contributed by atoms with Gasteiger partial charge in [0.1, 0.15) is 11.5 Å². The fourth-order valence-corrected chi connectivity index (χ4v) is 3.21. The van der Waals surface area contributed by atoms with Gasteiger partial charge < -0.3 is 9.47 Å². The van der Waals surface area contributed by atoms with Gasteiger partial charge in [-0.1, -0.05) is 22.9 Å². The molecule has 118 valence electrons. The Morgan fingerprint density at radius 3 is 2.70 bits per heavy atom. The number of rotatable bonds is 4. The molecule has 2 aromatic carbocycles. The van der Waals surface area contributed by atoms with E-state index < -0.39 is 0 Å². The minimum atomic E-state index is -0.277. The number of halogens is 1. The lowest BCUT2D eigenvalue weighted by atomic mass is 10.2. The van der Waals surface area contributed by atoms with Crippen molar-refractivity contribution in [3.63, 3.8) is 0 Å². The van der Waals surface area contributed by atoms with Gasteiger partial charge in [0, 0.05) is 5.56 Å². The minimum absolute atomic E-state index is 0.277. The first-order valence-electron chi connectivity index (χ1n) is 6.70. The predicted molar refractivity (Wildman–Crippen MR) is 92.1 cm³/mol. The van der Waals surface area contributed by atoms with Crippen molar-refractivity contribution in [2.45, 2.75) is 0 Å². The number of ether oxygens (including phenoxy) is 2. The maximum atomic E-state index is 12.3. The summed E-state index contributed by atoms with van der Waals surface area (Å²) in [6, 6.07) is 10.4. The Bertz CT molecular complexity index is 879. The summed E-state index contributed by atoms with van der Waals surface area (Å²) in [6.45, 7) is 0. The number of nitrogens with zero attached hydrogens (tertiary/aromatic N) is 1. The Balaban J connectivity index is 1.83. The highest BCUT2D eigenvalue weighted by atomic mass is 35.5. The molecule has 1 heterocycles. The number of fused-ring (bicyclic) bond motifs is 1. The fraction of sp³-hybridized carbons (Fsp3) is 0.125. The molecule has 0 atom stereocenters. The van der Waals surface area contributed by atoms with Gasteiger partial charge >= 0.3 is 0 Å². The van der Waals surface area contributed by atoms with Crippen LogP contribution in [0.15, 0.2) is 36.4 Å². The quantitative estimate of drug-likeness (QED) is 0.766. The maximum absolute atomic E-state index is 12.3. The van der Waals surface area contributed by atoms with Crippen LogP contribution >= 0.6 is 22.9 Å². The van der Waals surface area contributed by atoms with Crippen LogP contribution in [-0.4, -0.2) is 25.1 Å². The summed E-state index contributed by atoms with van der Waals surface area (Å²) in [5.74, 6) is 0.997. The molecule has 1 N–H and O–H groups in total. The van der Waals surface area contributed by atoms with Gasteiger partial charge in [0.15, 0.2) is 5.13 Å². The van der Waals surface area contributed by atoms with Gasteiger partial charge in [0.05, 0.1) is 29.5 Å². The molecule has 0 radical (unpaired) electrons. The van der Waals surface area contributed by atoms with Gasteiger partial charge in [-0.05, 0) is 36.4 Å². The highest BCUT2D eigenvalue weighted by Gasteiger charge is 2.12. The number of hydrogen-bond acceptors (Lipinski definition) is 5. The summed E-state index contributed by atoms with van der Waals surface area (Å²) in [5.41, 5.74) is 1.24. The largest absolute Gasteiger partial charge is 0.497 e. The highest BCUT2D eigenvalue weighted by Crippen LogP contribution is 2.30. The molecule has 1 aromatic heterocycles. The van der Waals surface area contributed by atoms with Crippen LogP contribution in [0.5, 0.6) is 11.5 Å². The van der Waals surface area contributed by atoms with E-state index in [0.29, 0.717) is 21.5 Å². The topological polar surface area (TPSA) is 60.5 Å². The van der Waals surface area contributed by atoms with Crippen molar-refractivity contribution < 1.29 is 14.3 Å². The molecule has 5 nitrogen and oxygen atoms in total. The first kappa shape index (κ1) is 15.6. The van der Waals surface area contributed by atoms with E-state index in [1.165, 1.54) is 18.4 Å². The standard InChI is InChI=1S/C16H13ClN2O3S/c1-21-10-4-5-12-14(8-10)23-16(18-12)19-15(20)9-3-6-13(22-2)11(17)7-9/h3-8H,1-2H3,(H,18,19,20). The maximum Gasteiger partial charge on any atom is 0.257 e. The molecule has 0 saturated carbocycles. The van der Waals surface area contributed by atoms with Crippen LogP contribution in [0.1, 0.15) is 10.4 Å². The van der Waals surface area contributed by atoms with Crippen molar-refractivity contribution in [1.29, 1.82) is 0 Å². The SMILES string of the molecule is COc1ccc2nc(NC(=O)c3ccc(OC)c(Cl)c3)sc2c1. The summed E-state index contributed by atoms with van der Waals surface area (Å²) in [5, 5.41) is 3.68. The zero-order valence-corrected chi connectivity index (χ0v) is 14.0. The number of benzene rings is 2. The van der Waals surface area contributed by atoms with E-state index in [0.717, 1.165) is 16.0 Å². The van der Waals surface area contributed by atoms with Gasteiger partial charge in [0.25, 0.3) is 5.91 Å². The Kier molecular flexibility index (Phi) is 4.36. The van der Waals surface area contributed by atoms with Crippen molar-refractivity contribution in [3.8, 4) is 11.5 Å². The van der Waals surface area contributed by atoms with Gasteiger partial charge in [-0.25, -0.2) is 4.98 Å². The average Bonchev–Trinajstić information content (AvgIpc) is 2.95. The smallest absolute Gasteiger partial charge is 0.257 e. The monoisotopic (exact) mass is 348 g/mol. The van der Waals surface area contributed by atoms with Crippen LogP contribution in [0.25, 0.3) is 10.2 Å². The molecule has 3 aromatic rings. The number of amides is 1. The molecular formula is C16H13ClN2O3S. The third-order valence-electron chi connectivity index (χ3n) is 3.23. The molecule has 1 amide bonds. The lowest BCUT2D eigenvalue weighted by Crippen LogP contribution is -2.11. The number of methoxy groups -OCH3 is 2. The number of hydrogen-bond donors (Lipinski definition) is 1. The molecule has 0 aliphatic heterocycles. The number of carbonyl (C=O) groups excluding carboxylic acids is 1. The first-order valence-corrected chi connectivity index (χ1v) is 7.89. The zero-order chi connectivity index (χ0) is 16.4. The minimum Gasteiger partial charge on any atom is -0.497 e. The molecule has 0 aliphatic rings. The number of aromatic nitrogens is 1. The molecule has 0 bridgehead atoms. The van der Waals surface area contributed by atoms with E-state index in [9.17, 15) is 4.79 Å². The summed E-state index contributed by atoms with van der Waals surface area (Å²) in [6.07, 6.45) is 0. The van der Waals surface area contributed by atoms with Crippen LogP contribution in [0.4, 0.5) is 5.13 Å². The Morgan fingerprint density at radius 2 is 2.00 bits per heavy atom. The second-order valence-corrected chi connectivity index (χ2v) is 6.09. The number of anilines is 1. The normalized spacial score (nSPS) is 10.6. The average molecular weight is 349 g/mol. The summed E-state index contributed by atoms with van der Waals surface area (Å²) < 4.78 is 11.2. The number of thiazole rings is 1. The van der Waals surface area contributed by atoms with Crippen molar-refractivity contribution >= 4 is 44.2 Å². The third-order valence-corrected chi connectivity index (χ3v) is 4.46. The van der Waals surface area contributed by atoms with E-state index in [2.05, 4.69) is 10.3 Å². The fourth-order valence-electron chi connectivity index (χ4n) is 2.06. The highest BCUT2D eigenvalue weighted by molar-refractivity contribution is 7.22. The summed E-state index contributed by atoms with van der Waals surface area (Å²) in [4.78, 5) is 16.7. The number of nitrogens with one attached hydrogen (secondary N) is 1. The molecule has 0 saturated heterocycles. The Labute approximate surface area is 141 Å². The van der Waals surface area contributed by atoms with Gasteiger partial charge in [-0.2, -0.15) is 0 Å². The zero-order valence-electron chi connectivity index (χ0n) is 12.4. The third kappa shape index (κ3) is 3.23. The Morgan fingerprint density at radius 1 is 1.17 bits per heavy atom. The molecule has 7 heteroatoms. The van der Waals surface area contributed by atoms with E-state index in [1.54, 1.807) is 25.3 Å². The molecule has 0 fully saturated rings. The van der Waals surface area contributed by atoms with Crippen molar-refractivity contribution in [2.24, 2.45) is 0 Å². The van der Waals surface area contributed by atoms with E-state index >= 15 is 0 Å². The second-order valence-electron chi connectivity index (χ2n) is 4.66. The summed E-state index contributed by atoms with van der Waals surface area (Å²) >= 11 is 7.42. The lowest BCUT2D eigenvalue weighted by molar-refractivity contribution is 0.102. The molecule has 3 rings (SSSR count). The van der Waals surface area contributed by atoms with E-state index in [-0.39, 0.29) is 5.91 Å². The van der Waals surface area contributed by atoms with Crippen LogP contribution in [0.3, 0.4) is 0 Å². The predicted octanol–water partition coefficient (Wildman–Crippen LogP) is 4.22. The van der Waals surface area contributed by atoms with Gasteiger partial charge in [-0.15, -0.1) is 0 Å². The first-order chi connectivity index (χ1) is 11.1. The van der Waals surface area contributed by atoms with Crippen LogP contribution < -0.4 is 14.8 Å².